The summed E-state index contributed by atoms with van der Waals surface area (Å²) in [6.45, 7) is 2.05. The van der Waals surface area contributed by atoms with Crippen LogP contribution in [0.3, 0.4) is 0 Å². The van der Waals surface area contributed by atoms with Gasteiger partial charge in [-0.15, -0.1) is 11.3 Å². The Morgan fingerprint density at radius 2 is 2.08 bits per heavy atom. The van der Waals surface area contributed by atoms with Crippen molar-refractivity contribution in [2.45, 2.75) is 13.0 Å². The van der Waals surface area contributed by atoms with Crippen molar-refractivity contribution in [3.63, 3.8) is 0 Å². The Kier molecular flexibility index (Phi) is 4.91. The van der Waals surface area contributed by atoms with Crippen molar-refractivity contribution in [3.8, 4) is 0 Å². The molecule has 1 N–H and O–H groups in total. The van der Waals surface area contributed by atoms with E-state index >= 15 is 0 Å². The Labute approximate surface area is 145 Å². The SMILES string of the molecule is Cc1ccc(C(NC(=O)/C=C/c2cnn(C)c2)c2cccs2)cc1. The number of nitrogens with zero attached hydrogens (tertiary/aromatic N) is 2. The van der Waals surface area contributed by atoms with Crippen molar-refractivity contribution in [1.29, 1.82) is 0 Å². The summed E-state index contributed by atoms with van der Waals surface area (Å²) in [4.78, 5) is 13.5. The third kappa shape index (κ3) is 4.00. The van der Waals surface area contributed by atoms with Gasteiger partial charge in [-0.1, -0.05) is 35.9 Å². The first-order valence-electron chi connectivity index (χ1n) is 7.69. The topological polar surface area (TPSA) is 46.9 Å². The Balaban J connectivity index is 1.78. The second kappa shape index (κ2) is 7.27. The number of aryl methyl sites for hydroxylation is 2. The summed E-state index contributed by atoms with van der Waals surface area (Å²) < 4.78 is 1.71. The average molecular weight is 337 g/mol. The summed E-state index contributed by atoms with van der Waals surface area (Å²) in [6, 6.07) is 12.1. The van der Waals surface area contributed by atoms with E-state index in [0.717, 1.165) is 16.0 Å². The first-order valence-corrected chi connectivity index (χ1v) is 8.57. The highest BCUT2D eigenvalue weighted by Gasteiger charge is 2.16. The van der Waals surface area contributed by atoms with Gasteiger partial charge in [0, 0.05) is 29.8 Å². The van der Waals surface area contributed by atoms with Gasteiger partial charge in [0.25, 0.3) is 0 Å². The Bertz CT molecular complexity index is 832. The van der Waals surface area contributed by atoms with Crippen molar-refractivity contribution in [2.75, 3.05) is 0 Å². The van der Waals surface area contributed by atoms with Crippen molar-refractivity contribution < 1.29 is 4.79 Å². The van der Waals surface area contributed by atoms with E-state index in [1.807, 2.05) is 30.8 Å². The summed E-state index contributed by atoms with van der Waals surface area (Å²) >= 11 is 1.64. The fourth-order valence-corrected chi connectivity index (χ4v) is 3.22. The summed E-state index contributed by atoms with van der Waals surface area (Å²) in [5.74, 6) is -0.127. The fraction of sp³-hybridized carbons (Fsp3) is 0.158. The van der Waals surface area contributed by atoms with E-state index in [0.29, 0.717) is 0 Å². The van der Waals surface area contributed by atoms with Crippen molar-refractivity contribution >= 4 is 23.3 Å². The molecule has 0 aliphatic heterocycles. The largest absolute Gasteiger partial charge is 0.341 e. The van der Waals surface area contributed by atoms with E-state index in [4.69, 9.17) is 0 Å². The molecule has 0 saturated heterocycles. The number of hydrogen-bond acceptors (Lipinski definition) is 3. The average Bonchev–Trinajstić information content (AvgIpc) is 3.23. The van der Waals surface area contributed by atoms with E-state index in [9.17, 15) is 4.79 Å². The van der Waals surface area contributed by atoms with Crippen LogP contribution in [0.25, 0.3) is 6.08 Å². The lowest BCUT2D eigenvalue weighted by atomic mass is 10.0. The molecule has 24 heavy (non-hydrogen) atoms. The highest BCUT2D eigenvalue weighted by Crippen LogP contribution is 2.26. The molecule has 0 bridgehead atoms. The molecular formula is C19H19N3OS. The van der Waals surface area contributed by atoms with Gasteiger partial charge in [-0.25, -0.2) is 0 Å². The first kappa shape index (κ1) is 16.2. The number of amides is 1. The zero-order valence-electron chi connectivity index (χ0n) is 13.6. The van der Waals surface area contributed by atoms with Gasteiger partial charge >= 0.3 is 0 Å². The van der Waals surface area contributed by atoms with E-state index in [-0.39, 0.29) is 11.9 Å². The molecular weight excluding hydrogens is 318 g/mol. The number of thiophene rings is 1. The lowest BCUT2D eigenvalue weighted by Crippen LogP contribution is -2.27. The molecule has 4 nitrogen and oxygen atoms in total. The minimum atomic E-state index is -0.142. The van der Waals surface area contributed by atoms with Crippen LogP contribution >= 0.6 is 11.3 Å². The second-order valence-electron chi connectivity index (χ2n) is 5.65. The molecule has 2 heterocycles. The molecule has 122 valence electrons. The minimum absolute atomic E-state index is 0.127. The molecule has 0 spiro atoms. The number of carbonyl (C=O) groups excluding carboxylic acids is 1. The van der Waals surface area contributed by atoms with Crippen LogP contribution in [0, 0.1) is 6.92 Å². The lowest BCUT2D eigenvalue weighted by Gasteiger charge is -2.17. The quantitative estimate of drug-likeness (QED) is 0.722. The molecule has 1 unspecified atom stereocenters. The zero-order valence-corrected chi connectivity index (χ0v) is 14.5. The monoisotopic (exact) mass is 337 g/mol. The number of rotatable bonds is 5. The van der Waals surface area contributed by atoms with Crippen LogP contribution in [0.4, 0.5) is 0 Å². The molecule has 3 rings (SSSR count). The van der Waals surface area contributed by atoms with Gasteiger partial charge in [0.2, 0.25) is 5.91 Å². The molecule has 0 radical (unpaired) electrons. The van der Waals surface area contributed by atoms with Gasteiger partial charge in [-0.2, -0.15) is 5.10 Å². The van der Waals surface area contributed by atoms with Crippen LogP contribution in [-0.2, 0) is 11.8 Å². The summed E-state index contributed by atoms with van der Waals surface area (Å²) in [5.41, 5.74) is 3.17. The summed E-state index contributed by atoms with van der Waals surface area (Å²) in [7, 11) is 1.85. The van der Waals surface area contributed by atoms with Crippen LogP contribution < -0.4 is 5.32 Å². The molecule has 1 atom stereocenters. The first-order chi connectivity index (χ1) is 11.6. The smallest absolute Gasteiger partial charge is 0.244 e. The normalized spacial score (nSPS) is 12.4. The fourth-order valence-electron chi connectivity index (χ4n) is 2.42. The predicted molar refractivity (Wildman–Crippen MR) is 97.7 cm³/mol. The maximum Gasteiger partial charge on any atom is 0.244 e. The van der Waals surface area contributed by atoms with Crippen molar-refractivity contribution in [2.24, 2.45) is 7.05 Å². The van der Waals surface area contributed by atoms with E-state index < -0.39 is 0 Å². The highest BCUT2D eigenvalue weighted by molar-refractivity contribution is 7.10. The number of carbonyl (C=O) groups is 1. The summed E-state index contributed by atoms with van der Waals surface area (Å²) in [6.07, 6.45) is 6.90. The molecule has 0 aliphatic carbocycles. The molecule has 0 aliphatic rings. The van der Waals surface area contributed by atoms with Gasteiger partial charge in [-0.3, -0.25) is 9.48 Å². The molecule has 1 aromatic carbocycles. The standard InChI is InChI=1S/C19H19N3OS/c1-14-5-8-16(9-6-14)19(17-4-3-11-24-17)21-18(23)10-7-15-12-20-22(2)13-15/h3-13,19H,1-2H3,(H,21,23)/b10-7+. The third-order valence-corrected chi connectivity index (χ3v) is 4.61. The molecule has 3 aromatic rings. The minimum Gasteiger partial charge on any atom is -0.341 e. The summed E-state index contributed by atoms with van der Waals surface area (Å²) in [5, 5.41) is 9.20. The number of benzene rings is 1. The third-order valence-electron chi connectivity index (χ3n) is 3.68. The van der Waals surface area contributed by atoms with Crippen molar-refractivity contribution in [1.82, 2.24) is 15.1 Å². The number of aromatic nitrogens is 2. The lowest BCUT2D eigenvalue weighted by molar-refractivity contribution is -0.116. The maximum absolute atomic E-state index is 12.3. The van der Waals surface area contributed by atoms with Crippen molar-refractivity contribution in [3.05, 3.63) is 81.8 Å². The van der Waals surface area contributed by atoms with Gasteiger partial charge in [-0.05, 0) is 30.0 Å². The van der Waals surface area contributed by atoms with Crippen LogP contribution in [0.15, 0.2) is 60.2 Å². The van der Waals surface area contributed by atoms with E-state index in [2.05, 4.69) is 41.6 Å². The number of nitrogens with one attached hydrogen (secondary N) is 1. The zero-order chi connectivity index (χ0) is 16.9. The maximum atomic E-state index is 12.3. The number of hydrogen-bond donors (Lipinski definition) is 1. The van der Waals surface area contributed by atoms with Crippen LogP contribution in [-0.4, -0.2) is 15.7 Å². The molecule has 5 heteroatoms. The van der Waals surface area contributed by atoms with Gasteiger partial charge in [0.15, 0.2) is 0 Å². The second-order valence-corrected chi connectivity index (χ2v) is 6.63. The van der Waals surface area contributed by atoms with Crippen LogP contribution in [0.1, 0.15) is 27.6 Å². The van der Waals surface area contributed by atoms with Gasteiger partial charge in [0.1, 0.15) is 0 Å². The van der Waals surface area contributed by atoms with Gasteiger partial charge < -0.3 is 5.32 Å². The Hall–Kier alpha value is -2.66. The van der Waals surface area contributed by atoms with Crippen LogP contribution in [0.2, 0.25) is 0 Å². The predicted octanol–water partition coefficient (Wildman–Crippen LogP) is 3.71. The molecule has 1 amide bonds. The Morgan fingerprint density at radius 1 is 1.29 bits per heavy atom. The molecule has 0 saturated carbocycles. The van der Waals surface area contributed by atoms with Gasteiger partial charge in [0.05, 0.1) is 12.2 Å². The molecule has 2 aromatic heterocycles. The van der Waals surface area contributed by atoms with E-state index in [1.54, 1.807) is 34.4 Å². The van der Waals surface area contributed by atoms with Crippen LogP contribution in [0.5, 0.6) is 0 Å². The molecule has 0 fully saturated rings. The highest BCUT2D eigenvalue weighted by atomic mass is 32.1. The Morgan fingerprint density at radius 3 is 2.71 bits per heavy atom. The van der Waals surface area contributed by atoms with E-state index in [1.165, 1.54) is 5.56 Å².